The van der Waals surface area contributed by atoms with Crippen molar-refractivity contribution in [2.75, 3.05) is 39.8 Å². The number of thiazole rings is 1. The van der Waals surface area contributed by atoms with Crippen LogP contribution in [-0.2, 0) is 11.2 Å². The van der Waals surface area contributed by atoms with E-state index in [9.17, 15) is 4.79 Å². The molecular weight excluding hydrogens is 394 g/mol. The summed E-state index contributed by atoms with van der Waals surface area (Å²) in [5.41, 5.74) is 2.91. The number of nitrogens with one attached hydrogen (secondary N) is 1. The molecule has 2 aromatic heterocycles. The average molecular weight is 422 g/mol. The normalized spacial score (nSPS) is 16.3. The molecule has 0 radical (unpaired) electrons. The van der Waals surface area contributed by atoms with Crippen molar-refractivity contribution in [3.8, 4) is 10.6 Å². The molecule has 0 bridgehead atoms. The average Bonchev–Trinajstić information content (AvgIpc) is 3.24. The van der Waals surface area contributed by atoms with E-state index < -0.39 is 0 Å². The van der Waals surface area contributed by atoms with Crippen LogP contribution >= 0.6 is 11.3 Å². The number of aromatic nitrogens is 2. The highest BCUT2D eigenvalue weighted by Gasteiger charge is 2.21. The van der Waals surface area contributed by atoms with E-state index in [0.717, 1.165) is 54.6 Å². The molecule has 3 heterocycles. The van der Waals surface area contributed by atoms with Gasteiger partial charge >= 0.3 is 0 Å². The number of amides is 1. The molecule has 0 spiro atoms. The summed E-state index contributed by atoms with van der Waals surface area (Å²) in [6.45, 7) is 4.99. The second-order valence-corrected chi connectivity index (χ2v) is 8.56. The minimum absolute atomic E-state index is 0.000942. The van der Waals surface area contributed by atoms with E-state index in [1.165, 1.54) is 0 Å². The topological polar surface area (TPSA) is 61.4 Å². The fourth-order valence-corrected chi connectivity index (χ4v) is 4.44. The van der Waals surface area contributed by atoms with Gasteiger partial charge in [0.1, 0.15) is 5.01 Å². The van der Waals surface area contributed by atoms with Crippen LogP contribution in [0.4, 0.5) is 0 Å². The minimum atomic E-state index is -0.0291. The summed E-state index contributed by atoms with van der Waals surface area (Å²) in [4.78, 5) is 26.4. The van der Waals surface area contributed by atoms with E-state index in [4.69, 9.17) is 0 Å². The summed E-state index contributed by atoms with van der Waals surface area (Å²) in [5, 5.41) is 6.10. The van der Waals surface area contributed by atoms with Crippen molar-refractivity contribution in [3.63, 3.8) is 0 Å². The summed E-state index contributed by atoms with van der Waals surface area (Å²) in [6.07, 6.45) is 3.82. The summed E-state index contributed by atoms with van der Waals surface area (Å²) in [6, 6.07) is 14.1. The number of pyridine rings is 1. The van der Waals surface area contributed by atoms with Gasteiger partial charge in [0.2, 0.25) is 5.91 Å². The van der Waals surface area contributed by atoms with Gasteiger partial charge in [-0.15, -0.1) is 11.3 Å². The van der Waals surface area contributed by atoms with E-state index in [1.807, 2.05) is 35.7 Å². The maximum atomic E-state index is 12.9. The number of rotatable bonds is 7. The van der Waals surface area contributed by atoms with Crippen LogP contribution in [0, 0.1) is 0 Å². The van der Waals surface area contributed by atoms with Gasteiger partial charge in [-0.1, -0.05) is 30.3 Å². The molecule has 1 saturated heterocycles. The Morgan fingerprint density at radius 1 is 1.13 bits per heavy atom. The lowest BCUT2D eigenvalue weighted by Crippen LogP contribution is -2.48. The molecule has 7 heteroatoms. The molecule has 1 atom stereocenters. The van der Waals surface area contributed by atoms with Crippen molar-refractivity contribution < 1.29 is 4.79 Å². The van der Waals surface area contributed by atoms with Gasteiger partial charge in [-0.3, -0.25) is 14.7 Å². The SMILES string of the molecule is CN1CCN(CC(NC(=O)Cc2csc(-c3cccnc3)n2)c2ccccc2)CC1. The van der Waals surface area contributed by atoms with Crippen LogP contribution in [0.3, 0.4) is 0 Å². The first-order chi connectivity index (χ1) is 14.7. The highest BCUT2D eigenvalue weighted by Crippen LogP contribution is 2.23. The van der Waals surface area contributed by atoms with Crippen LogP contribution in [0.5, 0.6) is 0 Å². The third-order valence-electron chi connectivity index (χ3n) is 5.38. The Balaban J connectivity index is 1.41. The van der Waals surface area contributed by atoms with E-state index >= 15 is 0 Å². The zero-order valence-corrected chi connectivity index (χ0v) is 18.0. The van der Waals surface area contributed by atoms with Gasteiger partial charge in [-0.05, 0) is 24.7 Å². The number of hydrogen-bond acceptors (Lipinski definition) is 6. The van der Waals surface area contributed by atoms with Crippen molar-refractivity contribution in [2.24, 2.45) is 0 Å². The first-order valence-corrected chi connectivity index (χ1v) is 11.2. The van der Waals surface area contributed by atoms with Gasteiger partial charge in [0, 0.05) is 56.1 Å². The zero-order valence-electron chi connectivity index (χ0n) is 17.2. The molecule has 1 amide bonds. The van der Waals surface area contributed by atoms with Gasteiger partial charge in [-0.25, -0.2) is 4.98 Å². The Labute approximate surface area is 181 Å². The standard InChI is InChI=1S/C23H27N5OS/c1-27-10-12-28(13-11-27)16-21(18-6-3-2-4-7-18)26-22(29)14-20-17-30-23(25-20)19-8-5-9-24-15-19/h2-9,15,17,21H,10-14,16H2,1H3,(H,26,29). The second kappa shape index (κ2) is 9.93. The summed E-state index contributed by atoms with van der Waals surface area (Å²) >= 11 is 1.54. The van der Waals surface area contributed by atoms with Crippen molar-refractivity contribution in [1.29, 1.82) is 0 Å². The van der Waals surface area contributed by atoms with Gasteiger partial charge in [0.25, 0.3) is 0 Å². The molecule has 1 N–H and O–H groups in total. The number of carbonyl (C=O) groups excluding carboxylic acids is 1. The number of hydrogen-bond donors (Lipinski definition) is 1. The van der Waals surface area contributed by atoms with Crippen LogP contribution in [-0.4, -0.2) is 65.4 Å². The first kappa shape index (κ1) is 20.7. The highest BCUT2D eigenvalue weighted by molar-refractivity contribution is 7.13. The molecule has 4 rings (SSSR count). The molecule has 0 aliphatic carbocycles. The first-order valence-electron chi connectivity index (χ1n) is 10.3. The number of benzene rings is 1. The maximum Gasteiger partial charge on any atom is 0.226 e. The summed E-state index contributed by atoms with van der Waals surface area (Å²) < 4.78 is 0. The highest BCUT2D eigenvalue weighted by atomic mass is 32.1. The predicted octanol–water partition coefficient (Wildman–Crippen LogP) is 2.85. The van der Waals surface area contributed by atoms with Gasteiger partial charge in [-0.2, -0.15) is 0 Å². The van der Waals surface area contributed by atoms with Crippen molar-refractivity contribution >= 4 is 17.2 Å². The second-order valence-electron chi connectivity index (χ2n) is 7.70. The van der Waals surface area contributed by atoms with Crippen LogP contribution in [0.2, 0.25) is 0 Å². The number of carbonyl (C=O) groups is 1. The van der Waals surface area contributed by atoms with Crippen LogP contribution < -0.4 is 5.32 Å². The monoisotopic (exact) mass is 421 g/mol. The van der Waals surface area contributed by atoms with Crippen molar-refractivity contribution in [2.45, 2.75) is 12.5 Å². The third kappa shape index (κ3) is 5.50. The molecule has 1 fully saturated rings. The van der Waals surface area contributed by atoms with Crippen LogP contribution in [0.15, 0.2) is 60.2 Å². The Hall–Kier alpha value is -2.61. The van der Waals surface area contributed by atoms with E-state index in [2.05, 4.69) is 44.3 Å². The van der Waals surface area contributed by atoms with E-state index in [1.54, 1.807) is 23.7 Å². The van der Waals surface area contributed by atoms with Crippen LogP contribution in [0.25, 0.3) is 10.6 Å². The molecular formula is C23H27N5OS. The molecule has 1 unspecified atom stereocenters. The Kier molecular flexibility index (Phi) is 6.84. The lowest BCUT2D eigenvalue weighted by atomic mass is 10.1. The zero-order chi connectivity index (χ0) is 20.8. The molecule has 156 valence electrons. The smallest absolute Gasteiger partial charge is 0.226 e. The predicted molar refractivity (Wildman–Crippen MR) is 120 cm³/mol. The third-order valence-corrected chi connectivity index (χ3v) is 6.32. The Morgan fingerprint density at radius 2 is 1.93 bits per heavy atom. The molecule has 3 aromatic rings. The molecule has 0 saturated carbocycles. The maximum absolute atomic E-state index is 12.9. The molecule has 30 heavy (non-hydrogen) atoms. The molecule has 6 nitrogen and oxygen atoms in total. The molecule has 1 aromatic carbocycles. The number of piperazine rings is 1. The van der Waals surface area contributed by atoms with Gasteiger partial charge in [0.05, 0.1) is 18.2 Å². The minimum Gasteiger partial charge on any atom is -0.348 e. The van der Waals surface area contributed by atoms with Gasteiger partial charge in [0.15, 0.2) is 0 Å². The number of nitrogens with zero attached hydrogens (tertiary/aromatic N) is 4. The summed E-state index contributed by atoms with van der Waals surface area (Å²) in [5.74, 6) is 0.000942. The summed E-state index contributed by atoms with van der Waals surface area (Å²) in [7, 11) is 2.15. The quantitative estimate of drug-likeness (QED) is 0.636. The lowest BCUT2D eigenvalue weighted by Gasteiger charge is -2.35. The Bertz CT molecular complexity index is 938. The van der Waals surface area contributed by atoms with E-state index in [0.29, 0.717) is 0 Å². The van der Waals surface area contributed by atoms with Gasteiger partial charge < -0.3 is 10.2 Å². The van der Waals surface area contributed by atoms with E-state index in [-0.39, 0.29) is 18.4 Å². The van der Waals surface area contributed by atoms with Crippen LogP contribution in [0.1, 0.15) is 17.3 Å². The molecule has 1 aliphatic heterocycles. The lowest BCUT2D eigenvalue weighted by molar-refractivity contribution is -0.121. The number of likely N-dealkylation sites (N-methyl/N-ethyl adjacent to an activating group) is 1. The molecule has 1 aliphatic rings. The Morgan fingerprint density at radius 3 is 2.67 bits per heavy atom. The van der Waals surface area contributed by atoms with Crippen molar-refractivity contribution in [3.05, 3.63) is 71.5 Å². The van der Waals surface area contributed by atoms with Crippen molar-refractivity contribution in [1.82, 2.24) is 25.1 Å². The largest absolute Gasteiger partial charge is 0.348 e. The fraction of sp³-hybridized carbons (Fsp3) is 0.348. The fourth-order valence-electron chi connectivity index (χ4n) is 3.63.